The molecule has 0 spiro atoms. The van der Waals surface area contributed by atoms with Crippen LogP contribution in [-0.2, 0) is 4.74 Å². The molecule has 2 amide bonds. The molecule has 3 atom stereocenters. The Hall–Kier alpha value is -1.11. The standard InChI is InChI=1S/C11H18N2O4/c1-11(7-14)4-2-8(17-11)6-13-5-3-9(15)12-10(13)16/h3,5,8-9,14-15H,2,4,6-7H2,1H3,(H,12,16)/t8-,9?,11+/m1/s1. The van der Waals surface area contributed by atoms with Gasteiger partial charge in [0.1, 0.15) is 6.23 Å². The van der Waals surface area contributed by atoms with Crippen molar-refractivity contribution >= 4 is 6.03 Å². The van der Waals surface area contributed by atoms with Crippen molar-refractivity contribution in [3.8, 4) is 0 Å². The van der Waals surface area contributed by atoms with Gasteiger partial charge >= 0.3 is 6.03 Å². The number of hydrogen-bond acceptors (Lipinski definition) is 4. The summed E-state index contributed by atoms with van der Waals surface area (Å²) >= 11 is 0. The molecule has 0 bridgehead atoms. The van der Waals surface area contributed by atoms with Crippen molar-refractivity contribution in [2.24, 2.45) is 0 Å². The highest BCUT2D eigenvalue weighted by Crippen LogP contribution is 2.30. The van der Waals surface area contributed by atoms with Crippen LogP contribution in [0.3, 0.4) is 0 Å². The first-order valence-corrected chi connectivity index (χ1v) is 5.75. The van der Waals surface area contributed by atoms with Gasteiger partial charge in [-0.3, -0.25) is 4.90 Å². The summed E-state index contributed by atoms with van der Waals surface area (Å²) in [6, 6.07) is -0.332. The van der Waals surface area contributed by atoms with E-state index < -0.39 is 11.8 Å². The average Bonchev–Trinajstić information content (AvgIpc) is 2.66. The van der Waals surface area contributed by atoms with Gasteiger partial charge in [-0.15, -0.1) is 0 Å². The summed E-state index contributed by atoms with van der Waals surface area (Å²) in [6.07, 6.45) is 3.68. The zero-order valence-corrected chi connectivity index (χ0v) is 9.80. The first-order chi connectivity index (χ1) is 8.02. The van der Waals surface area contributed by atoms with E-state index in [1.54, 1.807) is 6.20 Å². The van der Waals surface area contributed by atoms with E-state index in [1.807, 2.05) is 6.92 Å². The maximum atomic E-state index is 11.5. The van der Waals surface area contributed by atoms with Crippen molar-refractivity contribution in [2.45, 2.75) is 37.7 Å². The molecule has 6 heteroatoms. The van der Waals surface area contributed by atoms with Crippen LogP contribution in [0.15, 0.2) is 12.3 Å². The Morgan fingerprint density at radius 2 is 2.47 bits per heavy atom. The number of rotatable bonds is 3. The number of aliphatic hydroxyl groups excluding tert-OH is 2. The first-order valence-electron chi connectivity index (χ1n) is 5.75. The third-order valence-electron chi connectivity index (χ3n) is 3.16. The van der Waals surface area contributed by atoms with Crippen molar-refractivity contribution < 1.29 is 19.7 Å². The molecule has 1 fully saturated rings. The van der Waals surface area contributed by atoms with Crippen molar-refractivity contribution in [2.75, 3.05) is 13.2 Å². The quantitative estimate of drug-likeness (QED) is 0.638. The smallest absolute Gasteiger partial charge is 0.323 e. The Morgan fingerprint density at radius 3 is 3.06 bits per heavy atom. The summed E-state index contributed by atoms with van der Waals surface area (Å²) in [4.78, 5) is 13.0. The van der Waals surface area contributed by atoms with Gasteiger partial charge in [-0.25, -0.2) is 4.79 Å². The van der Waals surface area contributed by atoms with Gasteiger partial charge in [0.15, 0.2) is 0 Å². The van der Waals surface area contributed by atoms with Gasteiger partial charge in [0.2, 0.25) is 0 Å². The minimum absolute atomic E-state index is 0.00967. The van der Waals surface area contributed by atoms with E-state index in [9.17, 15) is 9.90 Å². The maximum absolute atomic E-state index is 11.5. The lowest BCUT2D eigenvalue weighted by Crippen LogP contribution is -2.48. The van der Waals surface area contributed by atoms with E-state index in [1.165, 1.54) is 11.0 Å². The second-order valence-corrected chi connectivity index (χ2v) is 4.77. The zero-order valence-electron chi connectivity index (χ0n) is 9.80. The lowest BCUT2D eigenvalue weighted by atomic mass is 10.0. The molecule has 2 aliphatic heterocycles. The van der Waals surface area contributed by atoms with Gasteiger partial charge < -0.3 is 20.3 Å². The number of carbonyl (C=O) groups is 1. The van der Waals surface area contributed by atoms with E-state index in [0.29, 0.717) is 6.54 Å². The van der Waals surface area contributed by atoms with Crippen LogP contribution in [0, 0.1) is 0 Å². The summed E-state index contributed by atoms with van der Waals surface area (Å²) < 4.78 is 5.71. The van der Waals surface area contributed by atoms with Gasteiger partial charge in [-0.1, -0.05) is 0 Å². The van der Waals surface area contributed by atoms with Crippen LogP contribution in [0.25, 0.3) is 0 Å². The van der Waals surface area contributed by atoms with Gasteiger partial charge in [0.25, 0.3) is 0 Å². The second kappa shape index (κ2) is 4.64. The Morgan fingerprint density at radius 1 is 1.71 bits per heavy atom. The topological polar surface area (TPSA) is 82.0 Å². The third kappa shape index (κ3) is 2.77. The van der Waals surface area contributed by atoms with Crippen molar-refractivity contribution in [3.05, 3.63) is 12.3 Å². The maximum Gasteiger partial charge on any atom is 0.323 e. The fraction of sp³-hybridized carbons (Fsp3) is 0.727. The largest absolute Gasteiger partial charge is 0.393 e. The lowest BCUT2D eigenvalue weighted by molar-refractivity contribution is -0.0642. The predicted molar refractivity (Wildman–Crippen MR) is 60.0 cm³/mol. The van der Waals surface area contributed by atoms with Crippen LogP contribution in [-0.4, -0.2) is 52.2 Å². The highest BCUT2D eigenvalue weighted by molar-refractivity contribution is 5.76. The molecule has 2 rings (SSSR count). The summed E-state index contributed by atoms with van der Waals surface area (Å²) in [5.74, 6) is 0. The molecule has 0 aliphatic carbocycles. The number of ether oxygens (including phenoxy) is 1. The van der Waals surface area contributed by atoms with E-state index in [4.69, 9.17) is 9.84 Å². The molecule has 0 aromatic heterocycles. The van der Waals surface area contributed by atoms with E-state index >= 15 is 0 Å². The summed E-state index contributed by atoms with van der Waals surface area (Å²) in [5, 5.41) is 20.7. The SMILES string of the molecule is C[C@@]1(CO)CC[C@H](CN2C=CC(O)NC2=O)O1. The van der Waals surface area contributed by atoms with Gasteiger partial charge in [-0.2, -0.15) is 0 Å². The van der Waals surface area contributed by atoms with Crippen LogP contribution in [0.2, 0.25) is 0 Å². The molecule has 0 radical (unpaired) electrons. The Bertz CT molecular complexity index is 333. The summed E-state index contributed by atoms with van der Waals surface area (Å²) in [6.45, 7) is 2.29. The predicted octanol–water partition coefficient (Wildman–Crippen LogP) is -0.226. The minimum Gasteiger partial charge on any atom is -0.393 e. The van der Waals surface area contributed by atoms with Gasteiger partial charge in [0, 0.05) is 6.20 Å². The second-order valence-electron chi connectivity index (χ2n) is 4.77. The summed E-state index contributed by atoms with van der Waals surface area (Å²) in [7, 11) is 0. The minimum atomic E-state index is -0.911. The van der Waals surface area contributed by atoms with Crippen LogP contribution >= 0.6 is 0 Å². The molecule has 0 aromatic carbocycles. The molecule has 96 valence electrons. The molecular weight excluding hydrogens is 224 g/mol. The number of aliphatic hydroxyl groups is 2. The highest BCUT2D eigenvalue weighted by atomic mass is 16.5. The molecule has 6 nitrogen and oxygen atoms in total. The Kier molecular flexibility index (Phi) is 3.37. The van der Waals surface area contributed by atoms with E-state index in [0.717, 1.165) is 12.8 Å². The lowest BCUT2D eigenvalue weighted by Gasteiger charge is -2.28. The fourth-order valence-corrected chi connectivity index (χ4v) is 2.11. The van der Waals surface area contributed by atoms with Crippen LogP contribution in [0.4, 0.5) is 4.79 Å². The molecule has 2 aliphatic rings. The summed E-state index contributed by atoms with van der Waals surface area (Å²) in [5.41, 5.74) is -0.486. The van der Waals surface area contributed by atoms with Gasteiger partial charge in [-0.05, 0) is 25.8 Å². The van der Waals surface area contributed by atoms with Crippen molar-refractivity contribution in [1.29, 1.82) is 0 Å². The van der Waals surface area contributed by atoms with E-state index in [2.05, 4.69) is 5.32 Å². The molecule has 1 saturated heterocycles. The molecule has 17 heavy (non-hydrogen) atoms. The highest BCUT2D eigenvalue weighted by Gasteiger charge is 2.36. The third-order valence-corrected chi connectivity index (χ3v) is 3.16. The molecule has 0 saturated carbocycles. The van der Waals surface area contributed by atoms with Crippen molar-refractivity contribution in [3.63, 3.8) is 0 Å². The molecule has 1 unspecified atom stereocenters. The zero-order chi connectivity index (χ0) is 12.5. The number of urea groups is 1. The van der Waals surface area contributed by atoms with Crippen LogP contribution in [0.1, 0.15) is 19.8 Å². The number of nitrogens with zero attached hydrogens (tertiary/aromatic N) is 1. The molecule has 3 N–H and O–H groups in total. The fourth-order valence-electron chi connectivity index (χ4n) is 2.11. The normalized spacial score (nSPS) is 37.4. The number of nitrogens with one attached hydrogen (secondary N) is 1. The number of amides is 2. The number of hydrogen-bond donors (Lipinski definition) is 3. The molecule has 2 heterocycles. The molecular formula is C11H18N2O4. The Labute approximate surface area is 99.9 Å². The van der Waals surface area contributed by atoms with Crippen molar-refractivity contribution in [1.82, 2.24) is 10.2 Å². The molecule has 0 aromatic rings. The van der Waals surface area contributed by atoms with Crippen LogP contribution < -0.4 is 5.32 Å². The van der Waals surface area contributed by atoms with Crippen LogP contribution in [0.5, 0.6) is 0 Å². The monoisotopic (exact) mass is 242 g/mol. The number of carbonyl (C=O) groups excluding carboxylic acids is 1. The van der Waals surface area contributed by atoms with E-state index in [-0.39, 0.29) is 18.7 Å². The van der Waals surface area contributed by atoms with Gasteiger partial charge in [0.05, 0.1) is 24.9 Å². The Balaban J connectivity index is 1.90. The average molecular weight is 242 g/mol. The first kappa shape index (κ1) is 12.3.